The Balaban J connectivity index is 1.74. The van der Waals surface area contributed by atoms with E-state index < -0.39 is 10.8 Å². The maximum Gasteiger partial charge on any atom is 0.218 e. The molecule has 3 aromatic rings. The standard InChI is InChI=1S/C23H21NO3S/c1-16-8-11-19(12-9-16)28(25)22-13-10-18(26-2)14-20(22)23-24-21(15-27-23)17-6-4-3-5-7-17/h3-14,21H,15H2,1-2H3/t21-,28?/m1/s1. The SMILES string of the molecule is COc1ccc(S(=O)c2ccc(C)cc2)c(C2=N[C@@H](c3ccccc3)CO2)c1. The third kappa shape index (κ3) is 3.71. The number of hydrogen-bond donors (Lipinski definition) is 0. The number of ether oxygens (including phenoxy) is 2. The average molecular weight is 391 g/mol. The molecule has 1 aliphatic heterocycles. The highest BCUT2D eigenvalue weighted by Gasteiger charge is 2.25. The lowest BCUT2D eigenvalue weighted by molar-refractivity contribution is 0.319. The van der Waals surface area contributed by atoms with Gasteiger partial charge in [-0.2, -0.15) is 0 Å². The summed E-state index contributed by atoms with van der Waals surface area (Å²) in [6.07, 6.45) is 0. The molecule has 1 unspecified atom stereocenters. The molecule has 0 fully saturated rings. The van der Waals surface area contributed by atoms with Crippen molar-refractivity contribution in [1.29, 1.82) is 0 Å². The van der Waals surface area contributed by atoms with E-state index in [0.717, 1.165) is 16.0 Å². The second-order valence-electron chi connectivity index (χ2n) is 6.62. The highest BCUT2D eigenvalue weighted by Crippen LogP contribution is 2.30. The van der Waals surface area contributed by atoms with E-state index in [1.165, 1.54) is 0 Å². The van der Waals surface area contributed by atoms with Gasteiger partial charge in [-0.3, -0.25) is 0 Å². The van der Waals surface area contributed by atoms with E-state index in [1.54, 1.807) is 7.11 Å². The Morgan fingerprint density at radius 1 is 1.04 bits per heavy atom. The molecule has 4 rings (SSSR count). The summed E-state index contributed by atoms with van der Waals surface area (Å²) < 4.78 is 24.5. The van der Waals surface area contributed by atoms with Crippen molar-refractivity contribution >= 4 is 16.7 Å². The molecular formula is C23H21NO3S. The van der Waals surface area contributed by atoms with Gasteiger partial charge >= 0.3 is 0 Å². The van der Waals surface area contributed by atoms with Crippen molar-refractivity contribution in [2.75, 3.05) is 13.7 Å². The Labute approximate surface area is 167 Å². The Morgan fingerprint density at radius 3 is 2.50 bits per heavy atom. The molecule has 0 N–H and O–H groups in total. The van der Waals surface area contributed by atoms with Gasteiger partial charge in [-0.1, -0.05) is 48.0 Å². The monoisotopic (exact) mass is 391 g/mol. The lowest BCUT2D eigenvalue weighted by Gasteiger charge is -2.11. The molecule has 0 saturated heterocycles. The fraction of sp³-hybridized carbons (Fsp3) is 0.174. The number of nitrogens with zero attached hydrogens (tertiary/aromatic N) is 1. The van der Waals surface area contributed by atoms with Gasteiger partial charge in [0.15, 0.2) is 0 Å². The van der Waals surface area contributed by atoms with Crippen molar-refractivity contribution in [2.45, 2.75) is 22.8 Å². The molecule has 1 aliphatic rings. The van der Waals surface area contributed by atoms with Crippen LogP contribution in [0, 0.1) is 6.92 Å². The smallest absolute Gasteiger partial charge is 0.218 e. The van der Waals surface area contributed by atoms with Crippen molar-refractivity contribution in [3.63, 3.8) is 0 Å². The van der Waals surface area contributed by atoms with Crippen LogP contribution in [0.2, 0.25) is 0 Å². The van der Waals surface area contributed by atoms with E-state index in [1.807, 2.05) is 79.7 Å². The molecule has 0 bridgehead atoms. The van der Waals surface area contributed by atoms with Crippen LogP contribution in [0.5, 0.6) is 5.75 Å². The molecule has 2 atom stereocenters. The van der Waals surface area contributed by atoms with E-state index in [0.29, 0.717) is 28.7 Å². The minimum atomic E-state index is -1.34. The first-order chi connectivity index (χ1) is 13.7. The van der Waals surface area contributed by atoms with Crippen molar-refractivity contribution in [1.82, 2.24) is 0 Å². The highest BCUT2D eigenvalue weighted by atomic mass is 32.2. The summed E-state index contributed by atoms with van der Waals surface area (Å²) in [7, 11) is 0.266. The van der Waals surface area contributed by atoms with Gasteiger partial charge in [0.2, 0.25) is 5.90 Å². The largest absolute Gasteiger partial charge is 0.497 e. The van der Waals surface area contributed by atoms with Gasteiger partial charge in [-0.25, -0.2) is 9.20 Å². The Bertz CT molecular complexity index is 1030. The lowest BCUT2D eigenvalue weighted by atomic mass is 10.1. The average Bonchev–Trinajstić information content (AvgIpc) is 3.24. The quantitative estimate of drug-likeness (QED) is 0.634. The van der Waals surface area contributed by atoms with Crippen LogP contribution in [-0.2, 0) is 15.5 Å². The zero-order valence-electron chi connectivity index (χ0n) is 15.8. The molecule has 0 amide bonds. The van der Waals surface area contributed by atoms with Gasteiger partial charge in [-0.15, -0.1) is 0 Å². The Morgan fingerprint density at radius 2 is 1.79 bits per heavy atom. The summed E-state index contributed by atoms with van der Waals surface area (Å²) in [4.78, 5) is 6.17. The molecule has 0 aromatic heterocycles. The van der Waals surface area contributed by atoms with Crippen LogP contribution >= 0.6 is 0 Å². The summed E-state index contributed by atoms with van der Waals surface area (Å²) in [6.45, 7) is 2.48. The number of methoxy groups -OCH3 is 1. The van der Waals surface area contributed by atoms with Crippen LogP contribution in [0.4, 0.5) is 0 Å². The zero-order chi connectivity index (χ0) is 19.5. The lowest BCUT2D eigenvalue weighted by Crippen LogP contribution is -2.08. The first kappa shape index (κ1) is 18.4. The van der Waals surface area contributed by atoms with Gasteiger partial charge in [0.25, 0.3) is 0 Å². The van der Waals surface area contributed by atoms with E-state index in [4.69, 9.17) is 14.5 Å². The van der Waals surface area contributed by atoms with Crippen molar-refractivity contribution in [3.05, 3.63) is 89.5 Å². The Kier molecular flexibility index (Phi) is 5.26. The van der Waals surface area contributed by atoms with Gasteiger partial charge in [0, 0.05) is 4.90 Å². The summed E-state index contributed by atoms with van der Waals surface area (Å²) in [5.74, 6) is 1.18. The topological polar surface area (TPSA) is 47.9 Å². The predicted molar refractivity (Wildman–Crippen MR) is 111 cm³/mol. The van der Waals surface area contributed by atoms with Gasteiger partial charge in [-0.05, 0) is 42.8 Å². The molecule has 28 heavy (non-hydrogen) atoms. The molecule has 3 aromatic carbocycles. The van der Waals surface area contributed by atoms with E-state index in [-0.39, 0.29) is 6.04 Å². The van der Waals surface area contributed by atoms with Crippen LogP contribution in [0.3, 0.4) is 0 Å². The van der Waals surface area contributed by atoms with Crippen LogP contribution in [0.15, 0.2) is 87.6 Å². The summed E-state index contributed by atoms with van der Waals surface area (Å²) in [6, 6.07) is 23.2. The van der Waals surface area contributed by atoms with Crippen LogP contribution in [0.25, 0.3) is 0 Å². The third-order valence-electron chi connectivity index (χ3n) is 4.69. The summed E-state index contributed by atoms with van der Waals surface area (Å²) in [5.41, 5.74) is 2.93. The second-order valence-corrected chi connectivity index (χ2v) is 8.06. The van der Waals surface area contributed by atoms with Crippen LogP contribution in [-0.4, -0.2) is 23.8 Å². The number of aryl methyl sites for hydroxylation is 1. The first-order valence-electron chi connectivity index (χ1n) is 9.08. The highest BCUT2D eigenvalue weighted by molar-refractivity contribution is 7.85. The maximum atomic E-state index is 13.2. The maximum absolute atomic E-state index is 13.2. The predicted octanol–water partition coefficient (Wildman–Crippen LogP) is 4.69. The molecule has 0 saturated carbocycles. The van der Waals surface area contributed by atoms with Crippen LogP contribution in [0.1, 0.15) is 22.7 Å². The molecule has 1 heterocycles. The first-order valence-corrected chi connectivity index (χ1v) is 10.2. The van der Waals surface area contributed by atoms with Crippen molar-refractivity contribution in [2.24, 2.45) is 4.99 Å². The normalized spacial score (nSPS) is 16.9. The van der Waals surface area contributed by atoms with E-state index in [2.05, 4.69) is 0 Å². The van der Waals surface area contributed by atoms with Gasteiger partial charge in [0.1, 0.15) is 18.4 Å². The fourth-order valence-corrected chi connectivity index (χ4v) is 4.30. The number of benzene rings is 3. The Hall–Kier alpha value is -2.92. The van der Waals surface area contributed by atoms with Gasteiger partial charge in [0.05, 0.1) is 28.4 Å². The minimum Gasteiger partial charge on any atom is -0.497 e. The second kappa shape index (κ2) is 7.98. The summed E-state index contributed by atoms with van der Waals surface area (Å²) >= 11 is 0. The number of aliphatic imine (C=N–C) groups is 1. The molecule has 0 spiro atoms. The van der Waals surface area contributed by atoms with E-state index >= 15 is 0 Å². The molecule has 0 aliphatic carbocycles. The molecule has 4 nitrogen and oxygen atoms in total. The molecule has 0 radical (unpaired) electrons. The fourth-order valence-electron chi connectivity index (χ4n) is 3.12. The zero-order valence-corrected chi connectivity index (χ0v) is 16.6. The third-order valence-corrected chi connectivity index (χ3v) is 6.14. The molecular weight excluding hydrogens is 370 g/mol. The van der Waals surface area contributed by atoms with Crippen molar-refractivity contribution < 1.29 is 13.7 Å². The number of hydrogen-bond acceptors (Lipinski definition) is 4. The van der Waals surface area contributed by atoms with E-state index in [9.17, 15) is 4.21 Å². The summed E-state index contributed by atoms with van der Waals surface area (Å²) in [5, 5.41) is 0. The van der Waals surface area contributed by atoms with Crippen molar-refractivity contribution in [3.8, 4) is 5.75 Å². The minimum absolute atomic E-state index is 0.0666. The van der Waals surface area contributed by atoms with Crippen LogP contribution < -0.4 is 4.74 Å². The molecule has 5 heteroatoms. The number of rotatable bonds is 5. The van der Waals surface area contributed by atoms with Gasteiger partial charge < -0.3 is 9.47 Å². The molecule has 142 valence electrons.